The Bertz CT molecular complexity index is 493. The zero-order valence-corrected chi connectivity index (χ0v) is 13.4. The van der Waals surface area contributed by atoms with Gasteiger partial charge in [0, 0.05) is 38.2 Å². The minimum atomic E-state index is -0.0433. The first-order chi connectivity index (χ1) is 11.3. The number of hydrogen-bond donors (Lipinski definition) is 1. The van der Waals surface area contributed by atoms with Gasteiger partial charge in [-0.1, -0.05) is 6.42 Å². The summed E-state index contributed by atoms with van der Waals surface area (Å²) in [4.78, 5) is 20.4. The monoisotopic (exact) mass is 319 g/mol. The number of nitrogens with zero attached hydrogens (tertiary/aromatic N) is 2. The van der Waals surface area contributed by atoms with Crippen molar-refractivity contribution >= 4 is 5.91 Å². The van der Waals surface area contributed by atoms with Crippen molar-refractivity contribution in [3.63, 3.8) is 0 Å². The molecule has 23 heavy (non-hydrogen) atoms. The molecule has 126 valence electrons. The molecular weight excluding hydrogens is 294 g/mol. The predicted molar refractivity (Wildman–Crippen MR) is 84.8 cm³/mol. The van der Waals surface area contributed by atoms with Gasteiger partial charge in [0.2, 0.25) is 5.91 Å². The second-order valence-electron chi connectivity index (χ2n) is 6.40. The van der Waals surface area contributed by atoms with Crippen molar-refractivity contribution in [2.45, 2.75) is 50.7 Å². The number of hydrogen-bond acceptors (Lipinski definition) is 5. The molecule has 1 aromatic heterocycles. The number of carbonyl (C=O) groups excluding carboxylic acids is 1. The SMILES string of the molecule is O=C(CCc1cnccn1)NC1COCCC1OCC1CCC1. The van der Waals surface area contributed by atoms with Crippen LogP contribution >= 0.6 is 0 Å². The summed E-state index contributed by atoms with van der Waals surface area (Å²) in [5.41, 5.74) is 0.834. The second kappa shape index (κ2) is 8.36. The first kappa shape index (κ1) is 16.3. The average molecular weight is 319 g/mol. The highest BCUT2D eigenvalue weighted by molar-refractivity contribution is 5.76. The fourth-order valence-corrected chi connectivity index (χ4v) is 2.95. The molecule has 3 rings (SSSR count). The average Bonchev–Trinajstić information content (AvgIpc) is 2.54. The minimum absolute atomic E-state index is 0.0170. The van der Waals surface area contributed by atoms with Crippen molar-refractivity contribution in [2.24, 2.45) is 5.92 Å². The first-order valence-electron chi connectivity index (χ1n) is 8.55. The lowest BCUT2D eigenvalue weighted by atomic mass is 9.86. The van der Waals surface area contributed by atoms with Gasteiger partial charge in [-0.05, 0) is 31.6 Å². The molecule has 1 saturated carbocycles. The van der Waals surface area contributed by atoms with E-state index in [0.29, 0.717) is 32.0 Å². The Balaban J connectivity index is 1.42. The maximum absolute atomic E-state index is 12.2. The Labute approximate surface area is 137 Å². The number of amides is 1. The van der Waals surface area contributed by atoms with Crippen molar-refractivity contribution in [1.29, 1.82) is 0 Å². The maximum Gasteiger partial charge on any atom is 0.220 e. The predicted octanol–water partition coefficient (Wildman–Crippen LogP) is 1.50. The van der Waals surface area contributed by atoms with Gasteiger partial charge in [0.15, 0.2) is 0 Å². The molecule has 2 atom stereocenters. The van der Waals surface area contributed by atoms with Gasteiger partial charge in [-0.25, -0.2) is 0 Å². The number of aryl methyl sites for hydroxylation is 1. The standard InChI is InChI=1S/C17H25N3O3/c21-17(5-4-14-10-18-7-8-19-14)20-15-12-22-9-6-16(15)23-11-13-2-1-3-13/h7-8,10,13,15-16H,1-6,9,11-12H2,(H,20,21). The van der Waals surface area contributed by atoms with Crippen LogP contribution in [0.3, 0.4) is 0 Å². The number of aromatic nitrogens is 2. The third-order valence-electron chi connectivity index (χ3n) is 4.63. The van der Waals surface area contributed by atoms with Gasteiger partial charge < -0.3 is 14.8 Å². The molecule has 0 radical (unpaired) electrons. The summed E-state index contributed by atoms with van der Waals surface area (Å²) < 4.78 is 11.6. The van der Waals surface area contributed by atoms with E-state index < -0.39 is 0 Å². The van der Waals surface area contributed by atoms with Gasteiger partial charge in [0.25, 0.3) is 0 Å². The summed E-state index contributed by atoms with van der Waals surface area (Å²) in [7, 11) is 0. The van der Waals surface area contributed by atoms with Crippen molar-refractivity contribution < 1.29 is 14.3 Å². The molecule has 1 aliphatic carbocycles. The normalized spacial score (nSPS) is 24.9. The molecule has 1 N–H and O–H groups in total. The molecular formula is C17H25N3O3. The lowest BCUT2D eigenvalue weighted by Gasteiger charge is -2.34. The molecule has 0 spiro atoms. The van der Waals surface area contributed by atoms with E-state index >= 15 is 0 Å². The highest BCUT2D eigenvalue weighted by Gasteiger charge is 2.29. The van der Waals surface area contributed by atoms with Gasteiger partial charge in [0.05, 0.1) is 24.4 Å². The Morgan fingerprint density at radius 1 is 1.35 bits per heavy atom. The largest absolute Gasteiger partial charge is 0.379 e. The van der Waals surface area contributed by atoms with Crippen molar-refractivity contribution in [2.75, 3.05) is 19.8 Å². The van der Waals surface area contributed by atoms with E-state index in [2.05, 4.69) is 15.3 Å². The fraction of sp³-hybridized carbons (Fsp3) is 0.706. The van der Waals surface area contributed by atoms with E-state index in [1.165, 1.54) is 19.3 Å². The molecule has 1 saturated heterocycles. The quantitative estimate of drug-likeness (QED) is 0.824. The van der Waals surface area contributed by atoms with E-state index in [4.69, 9.17) is 9.47 Å². The number of ether oxygens (including phenoxy) is 2. The fourth-order valence-electron chi connectivity index (χ4n) is 2.95. The lowest BCUT2D eigenvalue weighted by Crippen LogP contribution is -2.51. The van der Waals surface area contributed by atoms with Crippen LogP contribution in [-0.4, -0.2) is 47.8 Å². The lowest BCUT2D eigenvalue weighted by molar-refractivity contribution is -0.127. The van der Waals surface area contributed by atoms with Crippen LogP contribution in [0.5, 0.6) is 0 Å². The van der Waals surface area contributed by atoms with Crippen LogP contribution in [-0.2, 0) is 20.7 Å². The van der Waals surface area contributed by atoms with Gasteiger partial charge in [-0.3, -0.25) is 14.8 Å². The van der Waals surface area contributed by atoms with E-state index in [0.717, 1.165) is 18.7 Å². The van der Waals surface area contributed by atoms with Gasteiger partial charge in [0.1, 0.15) is 0 Å². The molecule has 6 heteroatoms. The number of nitrogens with one attached hydrogen (secondary N) is 1. The Morgan fingerprint density at radius 2 is 2.26 bits per heavy atom. The zero-order chi connectivity index (χ0) is 15.9. The van der Waals surface area contributed by atoms with Gasteiger partial charge in [-0.15, -0.1) is 0 Å². The molecule has 2 aliphatic rings. The Hall–Kier alpha value is -1.53. The van der Waals surface area contributed by atoms with Crippen molar-refractivity contribution in [3.8, 4) is 0 Å². The summed E-state index contributed by atoms with van der Waals surface area (Å²) in [6, 6.07) is -0.0433. The molecule has 1 aliphatic heterocycles. The maximum atomic E-state index is 12.2. The Morgan fingerprint density at radius 3 is 3.00 bits per heavy atom. The summed E-state index contributed by atoms with van der Waals surface area (Å²) in [5, 5.41) is 3.06. The molecule has 2 unspecified atom stereocenters. The highest BCUT2D eigenvalue weighted by Crippen LogP contribution is 2.27. The molecule has 2 fully saturated rings. The van der Waals surface area contributed by atoms with Crippen LogP contribution in [0, 0.1) is 5.92 Å². The van der Waals surface area contributed by atoms with Crippen LogP contribution in [0.15, 0.2) is 18.6 Å². The molecule has 6 nitrogen and oxygen atoms in total. The van der Waals surface area contributed by atoms with E-state index in [9.17, 15) is 4.79 Å². The smallest absolute Gasteiger partial charge is 0.220 e. The van der Waals surface area contributed by atoms with E-state index in [-0.39, 0.29) is 18.1 Å². The van der Waals surface area contributed by atoms with Crippen LogP contribution in [0.1, 0.15) is 37.8 Å². The first-order valence-corrected chi connectivity index (χ1v) is 8.55. The van der Waals surface area contributed by atoms with Crippen LogP contribution in [0.25, 0.3) is 0 Å². The van der Waals surface area contributed by atoms with E-state index in [1.54, 1.807) is 18.6 Å². The number of carbonyl (C=O) groups is 1. The molecule has 1 aromatic rings. The second-order valence-corrected chi connectivity index (χ2v) is 6.40. The molecule has 1 amide bonds. The van der Waals surface area contributed by atoms with Gasteiger partial charge in [-0.2, -0.15) is 0 Å². The molecule has 0 bridgehead atoms. The van der Waals surface area contributed by atoms with Crippen LogP contribution in [0.4, 0.5) is 0 Å². The Kier molecular flexibility index (Phi) is 5.93. The summed E-state index contributed by atoms with van der Waals surface area (Å²) in [6.45, 7) is 2.06. The van der Waals surface area contributed by atoms with Crippen LogP contribution < -0.4 is 5.32 Å². The topological polar surface area (TPSA) is 73.3 Å². The van der Waals surface area contributed by atoms with Crippen molar-refractivity contribution in [3.05, 3.63) is 24.3 Å². The minimum Gasteiger partial charge on any atom is -0.379 e. The van der Waals surface area contributed by atoms with E-state index in [1.807, 2.05) is 0 Å². The summed E-state index contributed by atoms with van der Waals surface area (Å²) in [5.74, 6) is 0.731. The molecule has 2 heterocycles. The van der Waals surface area contributed by atoms with Gasteiger partial charge >= 0.3 is 0 Å². The highest BCUT2D eigenvalue weighted by atomic mass is 16.5. The summed E-state index contributed by atoms with van der Waals surface area (Å²) in [6.07, 6.45) is 10.8. The van der Waals surface area contributed by atoms with Crippen molar-refractivity contribution in [1.82, 2.24) is 15.3 Å². The third-order valence-corrected chi connectivity index (χ3v) is 4.63. The summed E-state index contributed by atoms with van der Waals surface area (Å²) >= 11 is 0. The molecule has 0 aromatic carbocycles. The zero-order valence-electron chi connectivity index (χ0n) is 13.4. The number of rotatable bonds is 7. The third kappa shape index (κ3) is 4.97. The van der Waals surface area contributed by atoms with Crippen LogP contribution in [0.2, 0.25) is 0 Å².